The summed E-state index contributed by atoms with van der Waals surface area (Å²) in [5, 5.41) is 3.04. The zero-order chi connectivity index (χ0) is 14.1. The van der Waals surface area contributed by atoms with Gasteiger partial charge in [-0.3, -0.25) is 4.79 Å². The second kappa shape index (κ2) is 8.67. The summed E-state index contributed by atoms with van der Waals surface area (Å²) >= 11 is 0. The van der Waals surface area contributed by atoms with Crippen LogP contribution in [0.4, 0.5) is 0 Å². The lowest BCUT2D eigenvalue weighted by Gasteiger charge is -2.16. The third kappa shape index (κ3) is 6.36. The van der Waals surface area contributed by atoms with Crippen molar-refractivity contribution in [1.82, 2.24) is 5.32 Å². The molecular formula is C15H27N3O+2. The summed E-state index contributed by atoms with van der Waals surface area (Å²) in [7, 11) is 0. The van der Waals surface area contributed by atoms with Crippen LogP contribution in [0, 0.1) is 0 Å². The molecule has 19 heavy (non-hydrogen) atoms. The fraction of sp³-hybridized carbons (Fsp3) is 0.533. The molecule has 0 unspecified atom stereocenters. The van der Waals surface area contributed by atoms with Gasteiger partial charge >= 0.3 is 0 Å². The molecule has 4 nitrogen and oxygen atoms in total. The Bertz CT molecular complexity index is 367. The molecule has 0 aliphatic heterocycles. The predicted octanol–water partition coefficient (Wildman–Crippen LogP) is -0.243. The van der Waals surface area contributed by atoms with E-state index in [1.807, 2.05) is 25.1 Å². The van der Waals surface area contributed by atoms with E-state index >= 15 is 0 Å². The summed E-state index contributed by atoms with van der Waals surface area (Å²) < 4.78 is 0. The van der Waals surface area contributed by atoms with Gasteiger partial charge in [-0.05, 0) is 31.7 Å². The maximum absolute atomic E-state index is 11.9. The van der Waals surface area contributed by atoms with Crippen molar-refractivity contribution < 1.29 is 16.3 Å². The molecule has 0 heterocycles. The highest BCUT2D eigenvalue weighted by atomic mass is 16.2. The minimum Gasteiger partial charge on any atom is -0.358 e. The van der Waals surface area contributed by atoms with Crippen LogP contribution in [0.5, 0.6) is 0 Å². The zero-order valence-electron chi connectivity index (χ0n) is 11.9. The van der Waals surface area contributed by atoms with Gasteiger partial charge < -0.3 is 16.8 Å². The van der Waals surface area contributed by atoms with Crippen LogP contribution in [0.25, 0.3) is 0 Å². The van der Waals surface area contributed by atoms with E-state index in [9.17, 15) is 4.79 Å². The van der Waals surface area contributed by atoms with Crippen LogP contribution in [0.3, 0.4) is 0 Å². The van der Waals surface area contributed by atoms with Crippen molar-refractivity contribution >= 4 is 5.91 Å². The molecule has 0 bridgehead atoms. The lowest BCUT2D eigenvalue weighted by atomic mass is 10.1. The van der Waals surface area contributed by atoms with Gasteiger partial charge in [0.2, 0.25) is 0 Å². The molecule has 2 atom stereocenters. The van der Waals surface area contributed by atoms with E-state index in [0.717, 1.165) is 32.2 Å². The Morgan fingerprint density at radius 1 is 1.26 bits per heavy atom. The van der Waals surface area contributed by atoms with Crippen LogP contribution in [0.15, 0.2) is 30.3 Å². The Balaban J connectivity index is 2.31. The molecule has 0 spiro atoms. The minimum atomic E-state index is -0.148. The van der Waals surface area contributed by atoms with E-state index in [2.05, 4.69) is 28.9 Å². The molecule has 0 saturated heterocycles. The Labute approximate surface area is 115 Å². The first-order valence-electron chi connectivity index (χ1n) is 7.10. The SMILES string of the molecule is C[C@@H](Cc1ccccc1)NC(=O)[C@H]([NH3+])CCCC[NH3+]. The molecule has 1 aromatic carbocycles. The van der Waals surface area contributed by atoms with Gasteiger partial charge in [0.05, 0.1) is 6.54 Å². The van der Waals surface area contributed by atoms with Crippen molar-refractivity contribution in [1.29, 1.82) is 0 Å². The maximum Gasteiger partial charge on any atom is 0.278 e. The van der Waals surface area contributed by atoms with Gasteiger partial charge in [0.15, 0.2) is 6.04 Å². The van der Waals surface area contributed by atoms with Crippen LogP contribution < -0.4 is 16.8 Å². The highest BCUT2D eigenvalue weighted by molar-refractivity contribution is 5.80. The van der Waals surface area contributed by atoms with E-state index in [0.29, 0.717) is 0 Å². The molecule has 0 radical (unpaired) electrons. The largest absolute Gasteiger partial charge is 0.358 e. The number of quaternary nitrogens is 2. The van der Waals surface area contributed by atoms with Crippen molar-refractivity contribution in [3.05, 3.63) is 35.9 Å². The number of benzene rings is 1. The van der Waals surface area contributed by atoms with E-state index in [1.54, 1.807) is 0 Å². The highest BCUT2D eigenvalue weighted by Gasteiger charge is 2.18. The number of carbonyl (C=O) groups is 1. The van der Waals surface area contributed by atoms with Gasteiger partial charge in [-0.25, -0.2) is 0 Å². The summed E-state index contributed by atoms with van der Waals surface area (Å²) in [5.41, 5.74) is 8.98. The van der Waals surface area contributed by atoms with E-state index < -0.39 is 0 Å². The fourth-order valence-corrected chi connectivity index (χ4v) is 2.08. The number of carbonyl (C=O) groups excluding carboxylic acids is 1. The molecule has 7 N–H and O–H groups in total. The summed E-state index contributed by atoms with van der Waals surface area (Å²) in [4.78, 5) is 11.9. The van der Waals surface area contributed by atoms with Gasteiger partial charge in [-0.15, -0.1) is 0 Å². The summed E-state index contributed by atoms with van der Waals surface area (Å²) in [6.45, 7) is 2.96. The number of hydrogen-bond acceptors (Lipinski definition) is 1. The van der Waals surface area contributed by atoms with Crippen LogP contribution >= 0.6 is 0 Å². The summed E-state index contributed by atoms with van der Waals surface area (Å²) in [6.07, 6.45) is 3.80. The third-order valence-corrected chi connectivity index (χ3v) is 3.20. The highest BCUT2D eigenvalue weighted by Crippen LogP contribution is 2.03. The van der Waals surface area contributed by atoms with Crippen LogP contribution in [-0.4, -0.2) is 24.5 Å². The average molecular weight is 265 g/mol. The molecule has 1 aromatic rings. The van der Waals surface area contributed by atoms with Gasteiger partial charge in [0.1, 0.15) is 0 Å². The number of amides is 1. The molecule has 0 aromatic heterocycles. The molecule has 4 heteroatoms. The van der Waals surface area contributed by atoms with Crippen molar-refractivity contribution in [2.45, 2.75) is 44.7 Å². The van der Waals surface area contributed by atoms with Crippen molar-refractivity contribution in [2.75, 3.05) is 6.54 Å². The lowest BCUT2D eigenvalue weighted by Crippen LogP contribution is -2.68. The number of nitrogens with one attached hydrogen (secondary N) is 1. The molecule has 1 rings (SSSR count). The van der Waals surface area contributed by atoms with Gasteiger partial charge in [-0.2, -0.15) is 0 Å². The lowest BCUT2D eigenvalue weighted by molar-refractivity contribution is -0.406. The topological polar surface area (TPSA) is 84.4 Å². The maximum atomic E-state index is 11.9. The minimum absolute atomic E-state index is 0.0625. The van der Waals surface area contributed by atoms with Crippen molar-refractivity contribution in [3.63, 3.8) is 0 Å². The van der Waals surface area contributed by atoms with Crippen LogP contribution in [0.1, 0.15) is 31.7 Å². The molecule has 0 saturated carbocycles. The van der Waals surface area contributed by atoms with Gasteiger partial charge in [0, 0.05) is 12.5 Å². The molecule has 106 valence electrons. The van der Waals surface area contributed by atoms with Crippen molar-refractivity contribution in [3.8, 4) is 0 Å². The van der Waals surface area contributed by atoms with E-state index in [-0.39, 0.29) is 18.0 Å². The quantitative estimate of drug-likeness (QED) is 0.557. The molecule has 0 aliphatic carbocycles. The standard InChI is InChI=1S/C15H25N3O/c1-12(11-13-7-3-2-4-8-13)18-15(19)14(17)9-5-6-10-16/h2-4,7-8,12,14H,5-6,9-11,16-17H2,1H3,(H,18,19)/p+2/t12-,14+/m0/s1. The number of unbranched alkanes of at least 4 members (excludes halogenated alkanes) is 1. The molecule has 0 fully saturated rings. The van der Waals surface area contributed by atoms with E-state index in [1.165, 1.54) is 5.56 Å². The number of hydrogen-bond donors (Lipinski definition) is 3. The molecule has 1 amide bonds. The first-order valence-corrected chi connectivity index (χ1v) is 7.10. The monoisotopic (exact) mass is 265 g/mol. The molecular weight excluding hydrogens is 238 g/mol. The first kappa shape index (κ1) is 15.7. The fourth-order valence-electron chi connectivity index (χ4n) is 2.08. The van der Waals surface area contributed by atoms with Crippen LogP contribution in [0.2, 0.25) is 0 Å². The predicted molar refractivity (Wildman–Crippen MR) is 76.0 cm³/mol. The third-order valence-electron chi connectivity index (χ3n) is 3.20. The second-order valence-corrected chi connectivity index (χ2v) is 5.15. The van der Waals surface area contributed by atoms with E-state index in [4.69, 9.17) is 0 Å². The molecule has 0 aliphatic rings. The van der Waals surface area contributed by atoms with Gasteiger partial charge in [0.25, 0.3) is 5.91 Å². The summed E-state index contributed by atoms with van der Waals surface area (Å²) in [6, 6.07) is 10.2. The Hall–Kier alpha value is -1.39. The average Bonchev–Trinajstić information content (AvgIpc) is 2.39. The normalized spacial score (nSPS) is 13.8. The van der Waals surface area contributed by atoms with Gasteiger partial charge in [-0.1, -0.05) is 30.3 Å². The second-order valence-electron chi connectivity index (χ2n) is 5.15. The first-order chi connectivity index (χ1) is 9.13. The Kier molecular flexibility index (Phi) is 7.15. The smallest absolute Gasteiger partial charge is 0.278 e. The summed E-state index contributed by atoms with van der Waals surface area (Å²) in [5.74, 6) is 0.0625. The zero-order valence-corrected chi connectivity index (χ0v) is 11.9. The Morgan fingerprint density at radius 3 is 2.58 bits per heavy atom. The van der Waals surface area contributed by atoms with Crippen LogP contribution in [-0.2, 0) is 11.2 Å². The van der Waals surface area contributed by atoms with Crippen molar-refractivity contribution in [2.24, 2.45) is 0 Å². The number of rotatable bonds is 8. The Morgan fingerprint density at radius 2 is 1.95 bits per heavy atom.